The summed E-state index contributed by atoms with van der Waals surface area (Å²) in [6, 6.07) is 7.17. The maximum atomic E-state index is 11.5. The summed E-state index contributed by atoms with van der Waals surface area (Å²) in [5, 5.41) is 12.3. The van der Waals surface area contributed by atoms with E-state index in [0.29, 0.717) is 13.2 Å². The van der Waals surface area contributed by atoms with Crippen LogP contribution in [0.4, 0.5) is 0 Å². The fourth-order valence-corrected chi connectivity index (χ4v) is 4.29. The average molecular weight is 368 g/mol. The number of carbonyl (C=O) groups is 1. The third-order valence-corrected chi connectivity index (χ3v) is 5.83. The van der Waals surface area contributed by atoms with Crippen LogP contribution in [0.15, 0.2) is 29.2 Å². The van der Waals surface area contributed by atoms with Crippen LogP contribution in [0.2, 0.25) is 0 Å². The molecule has 0 spiro atoms. The first kappa shape index (κ1) is 20.0. The molecule has 0 saturated carbocycles. The number of hydrogen-bond donors (Lipinski definition) is 2. The molecule has 7 heteroatoms. The standard InChI is InChI=1S/C18H28N2O4S/c1-18(9-11-24-16(18)15(19-2)17(21)22)25-14-8-6-5-7-13(14)23-12-10-20(3)4/h5-8,15-16,19H,9-12H2,1-4H3,(H,21,22)/t15?,16-,18-/m1/s1. The molecule has 1 unspecified atom stereocenters. The minimum atomic E-state index is -0.892. The minimum Gasteiger partial charge on any atom is -0.491 e. The summed E-state index contributed by atoms with van der Waals surface area (Å²) in [7, 11) is 5.68. The Hall–Kier alpha value is -1.28. The summed E-state index contributed by atoms with van der Waals surface area (Å²) < 4.78 is 11.4. The Morgan fingerprint density at radius 1 is 1.52 bits per heavy atom. The number of likely N-dealkylation sites (N-methyl/N-ethyl adjacent to an activating group) is 2. The van der Waals surface area contributed by atoms with E-state index in [0.717, 1.165) is 23.6 Å². The molecule has 2 N–H and O–H groups in total. The molecule has 0 amide bonds. The number of nitrogens with zero attached hydrogens (tertiary/aromatic N) is 1. The van der Waals surface area contributed by atoms with Gasteiger partial charge in [0.1, 0.15) is 18.4 Å². The number of thioether (sulfide) groups is 1. The van der Waals surface area contributed by atoms with Gasteiger partial charge in [-0.2, -0.15) is 0 Å². The van der Waals surface area contributed by atoms with Crippen molar-refractivity contribution in [3.8, 4) is 5.75 Å². The van der Waals surface area contributed by atoms with Gasteiger partial charge in [-0.3, -0.25) is 4.79 Å². The van der Waals surface area contributed by atoms with Crippen LogP contribution < -0.4 is 10.1 Å². The van der Waals surface area contributed by atoms with Gasteiger partial charge in [-0.05, 0) is 46.6 Å². The van der Waals surface area contributed by atoms with E-state index in [9.17, 15) is 9.90 Å². The molecular formula is C18H28N2O4S. The summed E-state index contributed by atoms with van der Waals surface area (Å²) in [6.45, 7) is 4.07. The number of ether oxygens (including phenoxy) is 2. The molecule has 6 nitrogen and oxygen atoms in total. The van der Waals surface area contributed by atoms with E-state index in [1.165, 1.54) is 0 Å². The smallest absolute Gasteiger partial charge is 0.323 e. The normalized spacial score (nSPS) is 24.4. The Morgan fingerprint density at radius 2 is 2.24 bits per heavy atom. The van der Waals surface area contributed by atoms with Crippen LogP contribution in [0.3, 0.4) is 0 Å². The first-order chi connectivity index (χ1) is 11.9. The number of hydrogen-bond acceptors (Lipinski definition) is 6. The Labute approximate surface area is 153 Å². The van der Waals surface area contributed by atoms with E-state index >= 15 is 0 Å². The SMILES string of the molecule is CNC(C(=O)O)[C@H]1OCC[C@@]1(C)Sc1ccccc1OCCN(C)C. The number of rotatable bonds is 9. The zero-order valence-corrected chi connectivity index (χ0v) is 16.1. The number of carboxylic acids is 1. The number of benzene rings is 1. The summed E-state index contributed by atoms with van der Waals surface area (Å²) in [5.74, 6) is -0.0608. The van der Waals surface area contributed by atoms with Gasteiger partial charge in [-0.25, -0.2) is 0 Å². The fraction of sp³-hybridized carbons (Fsp3) is 0.611. The maximum Gasteiger partial charge on any atom is 0.323 e. The van der Waals surface area contributed by atoms with Gasteiger partial charge in [0.15, 0.2) is 0 Å². The average Bonchev–Trinajstić information content (AvgIpc) is 2.90. The highest BCUT2D eigenvalue weighted by Gasteiger charge is 2.47. The highest BCUT2D eigenvalue weighted by molar-refractivity contribution is 8.00. The van der Waals surface area contributed by atoms with Gasteiger partial charge in [0, 0.05) is 22.8 Å². The van der Waals surface area contributed by atoms with Gasteiger partial charge >= 0.3 is 5.97 Å². The second-order valence-electron chi connectivity index (χ2n) is 6.66. The number of nitrogens with one attached hydrogen (secondary N) is 1. The van der Waals surface area contributed by atoms with Crippen molar-refractivity contribution in [2.24, 2.45) is 0 Å². The van der Waals surface area contributed by atoms with E-state index in [2.05, 4.69) is 17.1 Å². The molecule has 0 aliphatic carbocycles. The molecule has 1 aliphatic rings. The highest BCUT2D eigenvalue weighted by atomic mass is 32.2. The Kier molecular flexibility index (Phi) is 7.13. The molecule has 1 heterocycles. The van der Waals surface area contributed by atoms with Gasteiger partial charge < -0.3 is 24.8 Å². The fourth-order valence-electron chi connectivity index (χ4n) is 2.91. The Balaban J connectivity index is 2.15. The van der Waals surface area contributed by atoms with Crippen LogP contribution in [-0.4, -0.2) is 73.8 Å². The highest BCUT2D eigenvalue weighted by Crippen LogP contribution is 2.46. The maximum absolute atomic E-state index is 11.5. The third-order valence-electron chi connectivity index (χ3n) is 4.37. The van der Waals surface area contributed by atoms with Gasteiger partial charge in [0.05, 0.1) is 6.10 Å². The van der Waals surface area contributed by atoms with Crippen molar-refractivity contribution in [1.29, 1.82) is 0 Å². The Bertz CT molecular complexity index is 584. The predicted molar refractivity (Wildman–Crippen MR) is 99.6 cm³/mol. The van der Waals surface area contributed by atoms with E-state index < -0.39 is 18.1 Å². The number of aliphatic carboxylic acids is 1. The summed E-state index contributed by atoms with van der Waals surface area (Å²) in [4.78, 5) is 14.6. The summed E-state index contributed by atoms with van der Waals surface area (Å²) >= 11 is 1.64. The van der Waals surface area contributed by atoms with E-state index in [4.69, 9.17) is 9.47 Å². The molecule has 0 radical (unpaired) electrons. The second kappa shape index (κ2) is 8.89. The molecule has 3 atom stereocenters. The third kappa shape index (κ3) is 5.10. The molecule has 1 aromatic rings. The van der Waals surface area contributed by atoms with Crippen LogP contribution in [-0.2, 0) is 9.53 Å². The number of carboxylic acid groups (broad SMARTS) is 1. The van der Waals surface area contributed by atoms with Gasteiger partial charge in [-0.1, -0.05) is 12.1 Å². The van der Waals surface area contributed by atoms with Crippen LogP contribution in [0.25, 0.3) is 0 Å². The first-order valence-corrected chi connectivity index (χ1v) is 9.26. The summed E-state index contributed by atoms with van der Waals surface area (Å²) in [5.41, 5.74) is 0. The van der Waals surface area contributed by atoms with Crippen LogP contribution in [0, 0.1) is 0 Å². The lowest BCUT2D eigenvalue weighted by atomic mass is 9.96. The molecule has 1 saturated heterocycles. The molecular weight excluding hydrogens is 340 g/mol. The lowest BCUT2D eigenvalue weighted by molar-refractivity contribution is -0.143. The van der Waals surface area contributed by atoms with Crippen LogP contribution in [0.1, 0.15) is 13.3 Å². The first-order valence-electron chi connectivity index (χ1n) is 8.44. The largest absolute Gasteiger partial charge is 0.491 e. The monoisotopic (exact) mass is 368 g/mol. The van der Waals surface area contributed by atoms with E-state index in [1.54, 1.807) is 18.8 Å². The van der Waals surface area contributed by atoms with Crippen molar-refractivity contribution in [3.05, 3.63) is 24.3 Å². The van der Waals surface area contributed by atoms with Gasteiger partial charge in [-0.15, -0.1) is 11.8 Å². The quantitative estimate of drug-likeness (QED) is 0.690. The lowest BCUT2D eigenvalue weighted by Gasteiger charge is -2.33. The summed E-state index contributed by atoms with van der Waals surface area (Å²) in [6.07, 6.45) is 0.384. The lowest BCUT2D eigenvalue weighted by Crippen LogP contribution is -2.51. The Morgan fingerprint density at radius 3 is 2.88 bits per heavy atom. The molecule has 0 aromatic heterocycles. The van der Waals surface area contributed by atoms with Crippen molar-refractivity contribution in [3.63, 3.8) is 0 Å². The zero-order valence-electron chi connectivity index (χ0n) is 15.3. The molecule has 140 valence electrons. The van der Waals surface area contributed by atoms with Crippen LogP contribution in [0.5, 0.6) is 5.75 Å². The van der Waals surface area contributed by atoms with Gasteiger partial charge in [0.25, 0.3) is 0 Å². The van der Waals surface area contributed by atoms with E-state index in [-0.39, 0.29) is 4.75 Å². The molecule has 25 heavy (non-hydrogen) atoms. The molecule has 0 bridgehead atoms. The molecule has 1 aliphatic heterocycles. The van der Waals surface area contributed by atoms with Crippen molar-refractivity contribution in [2.75, 3.05) is 40.9 Å². The topological polar surface area (TPSA) is 71.0 Å². The number of para-hydroxylation sites is 1. The van der Waals surface area contributed by atoms with Crippen molar-refractivity contribution >= 4 is 17.7 Å². The molecule has 1 fully saturated rings. The minimum absolute atomic E-state index is 0.340. The van der Waals surface area contributed by atoms with Gasteiger partial charge in [0.2, 0.25) is 0 Å². The molecule has 2 rings (SSSR count). The predicted octanol–water partition coefficient (Wildman–Crippen LogP) is 1.94. The second-order valence-corrected chi connectivity index (χ2v) is 8.24. The zero-order chi connectivity index (χ0) is 18.4. The van der Waals surface area contributed by atoms with Crippen molar-refractivity contribution < 1.29 is 19.4 Å². The van der Waals surface area contributed by atoms with E-state index in [1.807, 2.05) is 38.4 Å². The molecule has 1 aromatic carbocycles. The van der Waals surface area contributed by atoms with Crippen molar-refractivity contribution in [2.45, 2.75) is 35.1 Å². The van der Waals surface area contributed by atoms with Crippen LogP contribution >= 0.6 is 11.8 Å². The van der Waals surface area contributed by atoms with Crippen molar-refractivity contribution in [1.82, 2.24) is 10.2 Å².